The number of hydrogen-bond donors (Lipinski definition) is 0. The summed E-state index contributed by atoms with van der Waals surface area (Å²) in [6.45, 7) is 0.658. The van der Waals surface area contributed by atoms with Crippen LogP contribution in [0.15, 0.2) is 35.7 Å². The molecule has 2 heterocycles. The van der Waals surface area contributed by atoms with Crippen molar-refractivity contribution in [2.75, 3.05) is 13.2 Å². The molecular formula is C16H14F3NO2S. The molecule has 2 aromatic rings. The zero-order valence-electron chi connectivity index (χ0n) is 12.1. The predicted molar refractivity (Wildman–Crippen MR) is 80.4 cm³/mol. The first-order chi connectivity index (χ1) is 10.9. The van der Waals surface area contributed by atoms with Gasteiger partial charge in [0.05, 0.1) is 5.56 Å². The maximum Gasteiger partial charge on any atom is 0.419 e. The van der Waals surface area contributed by atoms with Crippen LogP contribution >= 0.6 is 11.3 Å². The molecule has 1 aromatic heterocycles. The third kappa shape index (κ3) is 3.50. The van der Waals surface area contributed by atoms with Crippen LogP contribution in [0.4, 0.5) is 13.2 Å². The van der Waals surface area contributed by atoms with Crippen LogP contribution in [0.2, 0.25) is 0 Å². The number of alkyl halides is 3. The van der Waals surface area contributed by atoms with Crippen LogP contribution in [-0.2, 0) is 23.9 Å². The van der Waals surface area contributed by atoms with Gasteiger partial charge in [-0.25, -0.2) is 0 Å². The van der Waals surface area contributed by atoms with Gasteiger partial charge in [-0.05, 0) is 35.6 Å². The number of para-hydroxylation sites is 1. The normalized spacial score (nSPS) is 14.5. The molecule has 0 N–H and O–H groups in total. The number of nitrogens with zero attached hydrogens (tertiary/aromatic N) is 1. The minimum atomic E-state index is -4.50. The Balaban J connectivity index is 1.64. The smallest absolute Gasteiger partial charge is 0.419 e. The Hall–Kier alpha value is -2.02. The van der Waals surface area contributed by atoms with E-state index in [4.69, 9.17) is 4.74 Å². The summed E-state index contributed by atoms with van der Waals surface area (Å²) in [5, 5.41) is 1.98. The third-order valence-corrected chi connectivity index (χ3v) is 4.73. The highest BCUT2D eigenvalue weighted by Gasteiger charge is 2.34. The van der Waals surface area contributed by atoms with Crippen LogP contribution in [0.3, 0.4) is 0 Å². The van der Waals surface area contributed by atoms with Crippen molar-refractivity contribution in [2.45, 2.75) is 19.1 Å². The summed E-state index contributed by atoms with van der Waals surface area (Å²) in [5.74, 6) is -0.625. The van der Waals surface area contributed by atoms with E-state index < -0.39 is 18.3 Å². The number of fused-ring (bicyclic) bond motifs is 1. The Kier molecular flexibility index (Phi) is 4.30. The molecule has 1 amide bonds. The summed E-state index contributed by atoms with van der Waals surface area (Å²) >= 11 is 1.66. The average Bonchev–Trinajstić information content (AvgIpc) is 2.99. The number of rotatable bonds is 3. The van der Waals surface area contributed by atoms with Crippen LogP contribution in [0.1, 0.15) is 16.0 Å². The molecule has 23 heavy (non-hydrogen) atoms. The molecular weight excluding hydrogens is 327 g/mol. The van der Waals surface area contributed by atoms with Gasteiger partial charge in [-0.2, -0.15) is 13.2 Å². The number of ether oxygens (including phenoxy) is 1. The fourth-order valence-corrected chi connectivity index (χ4v) is 3.41. The van der Waals surface area contributed by atoms with Gasteiger partial charge in [0.15, 0.2) is 6.61 Å². The van der Waals surface area contributed by atoms with E-state index in [-0.39, 0.29) is 11.7 Å². The highest BCUT2D eigenvalue weighted by molar-refractivity contribution is 7.10. The summed E-state index contributed by atoms with van der Waals surface area (Å²) < 4.78 is 43.8. The van der Waals surface area contributed by atoms with Crippen LogP contribution in [-0.4, -0.2) is 24.0 Å². The van der Waals surface area contributed by atoms with Crippen molar-refractivity contribution in [1.82, 2.24) is 4.90 Å². The van der Waals surface area contributed by atoms with Crippen LogP contribution in [0.5, 0.6) is 5.75 Å². The monoisotopic (exact) mass is 341 g/mol. The van der Waals surface area contributed by atoms with Gasteiger partial charge < -0.3 is 9.64 Å². The van der Waals surface area contributed by atoms with Gasteiger partial charge in [0, 0.05) is 18.0 Å². The average molecular weight is 341 g/mol. The molecule has 0 unspecified atom stereocenters. The van der Waals surface area contributed by atoms with Crippen molar-refractivity contribution in [1.29, 1.82) is 0 Å². The maximum atomic E-state index is 12.9. The molecule has 1 aromatic carbocycles. The molecule has 1 aliphatic rings. The Morgan fingerprint density at radius 1 is 1.26 bits per heavy atom. The molecule has 0 aliphatic carbocycles. The van der Waals surface area contributed by atoms with Gasteiger partial charge in [0.1, 0.15) is 5.75 Å². The molecule has 7 heteroatoms. The second kappa shape index (κ2) is 6.23. The number of benzene rings is 1. The van der Waals surface area contributed by atoms with E-state index in [2.05, 4.69) is 0 Å². The molecule has 0 spiro atoms. The lowest BCUT2D eigenvalue weighted by Crippen LogP contribution is -2.38. The summed E-state index contributed by atoms with van der Waals surface area (Å²) in [6, 6.07) is 6.88. The van der Waals surface area contributed by atoms with Crippen molar-refractivity contribution in [2.24, 2.45) is 0 Å². The first-order valence-electron chi connectivity index (χ1n) is 7.07. The van der Waals surface area contributed by atoms with Crippen molar-refractivity contribution >= 4 is 17.2 Å². The molecule has 3 nitrogen and oxygen atoms in total. The Morgan fingerprint density at radius 2 is 2.04 bits per heavy atom. The van der Waals surface area contributed by atoms with Crippen molar-refractivity contribution in [3.8, 4) is 5.75 Å². The second-order valence-electron chi connectivity index (χ2n) is 5.22. The second-order valence-corrected chi connectivity index (χ2v) is 6.22. The quantitative estimate of drug-likeness (QED) is 0.851. The predicted octanol–water partition coefficient (Wildman–Crippen LogP) is 3.73. The molecule has 0 atom stereocenters. The number of carbonyl (C=O) groups is 1. The molecule has 0 saturated carbocycles. The topological polar surface area (TPSA) is 29.5 Å². The molecule has 0 saturated heterocycles. The van der Waals surface area contributed by atoms with Crippen molar-refractivity contribution in [3.63, 3.8) is 0 Å². The summed E-state index contributed by atoms with van der Waals surface area (Å²) in [6.07, 6.45) is -3.73. The molecule has 0 radical (unpaired) electrons. The van der Waals surface area contributed by atoms with E-state index in [0.717, 1.165) is 18.1 Å². The minimum absolute atomic E-state index is 0.307. The van der Waals surface area contributed by atoms with Gasteiger partial charge in [0.2, 0.25) is 0 Å². The van der Waals surface area contributed by atoms with Crippen molar-refractivity contribution in [3.05, 3.63) is 51.7 Å². The number of carbonyl (C=O) groups excluding carboxylic acids is 1. The third-order valence-electron chi connectivity index (χ3n) is 3.70. The van der Waals surface area contributed by atoms with Crippen molar-refractivity contribution < 1.29 is 22.7 Å². The van der Waals surface area contributed by atoms with Crippen LogP contribution < -0.4 is 4.74 Å². The minimum Gasteiger partial charge on any atom is -0.483 e. The van der Waals surface area contributed by atoms with E-state index in [1.165, 1.54) is 23.1 Å². The highest BCUT2D eigenvalue weighted by atomic mass is 32.1. The maximum absolute atomic E-state index is 12.9. The lowest BCUT2D eigenvalue weighted by atomic mass is 10.1. The van der Waals surface area contributed by atoms with Gasteiger partial charge in [-0.15, -0.1) is 11.3 Å². The standard InChI is InChI=1S/C16H14F3NO2S/c17-16(18,19)12-3-1-2-4-13(12)22-10-15(21)20-7-5-14-11(9-20)6-8-23-14/h1-4,6,8H,5,7,9-10H2. The van der Waals surface area contributed by atoms with Gasteiger partial charge in [-0.1, -0.05) is 12.1 Å². The molecule has 1 aliphatic heterocycles. The van der Waals surface area contributed by atoms with Gasteiger partial charge in [0.25, 0.3) is 5.91 Å². The van der Waals surface area contributed by atoms with Gasteiger partial charge in [-0.3, -0.25) is 4.79 Å². The first kappa shape index (κ1) is 15.9. The van der Waals surface area contributed by atoms with E-state index in [1.54, 1.807) is 16.2 Å². The van der Waals surface area contributed by atoms with E-state index in [0.29, 0.717) is 13.1 Å². The fourth-order valence-electron chi connectivity index (χ4n) is 2.52. The number of thiophene rings is 1. The van der Waals surface area contributed by atoms with Crippen LogP contribution in [0, 0.1) is 0 Å². The summed E-state index contributed by atoms with van der Waals surface area (Å²) in [4.78, 5) is 15.1. The number of amides is 1. The SMILES string of the molecule is O=C(COc1ccccc1C(F)(F)F)N1CCc2sccc2C1. The van der Waals surface area contributed by atoms with Gasteiger partial charge >= 0.3 is 6.18 Å². The lowest BCUT2D eigenvalue weighted by molar-refractivity contribution is -0.141. The lowest BCUT2D eigenvalue weighted by Gasteiger charge is -2.27. The Labute approximate surface area is 135 Å². The molecule has 122 valence electrons. The van der Waals surface area contributed by atoms with E-state index in [1.807, 2.05) is 11.4 Å². The first-order valence-corrected chi connectivity index (χ1v) is 7.95. The fraction of sp³-hybridized carbons (Fsp3) is 0.312. The molecule has 0 bridgehead atoms. The van der Waals surface area contributed by atoms with E-state index >= 15 is 0 Å². The molecule has 0 fully saturated rings. The number of hydrogen-bond acceptors (Lipinski definition) is 3. The summed E-state index contributed by atoms with van der Waals surface area (Å²) in [7, 11) is 0. The Bertz CT molecular complexity index is 711. The number of halogens is 3. The van der Waals surface area contributed by atoms with E-state index in [9.17, 15) is 18.0 Å². The zero-order valence-corrected chi connectivity index (χ0v) is 12.9. The van der Waals surface area contributed by atoms with Crippen LogP contribution in [0.25, 0.3) is 0 Å². The zero-order chi connectivity index (χ0) is 16.4. The highest BCUT2D eigenvalue weighted by Crippen LogP contribution is 2.35. The largest absolute Gasteiger partial charge is 0.483 e. The molecule has 3 rings (SSSR count). The summed E-state index contributed by atoms with van der Waals surface area (Å²) in [5.41, 5.74) is 0.233. The Morgan fingerprint density at radius 3 is 2.83 bits per heavy atom.